The Labute approximate surface area is 172 Å². The van der Waals surface area contributed by atoms with E-state index in [-0.39, 0.29) is 23.2 Å². The third-order valence-corrected chi connectivity index (χ3v) is 6.03. The number of rotatable bonds is 4. The monoisotopic (exact) mass is 423 g/mol. The highest BCUT2D eigenvalue weighted by molar-refractivity contribution is 7.92. The van der Waals surface area contributed by atoms with Crippen LogP contribution in [-0.4, -0.2) is 45.4 Å². The van der Waals surface area contributed by atoms with Crippen molar-refractivity contribution in [1.82, 2.24) is 10.2 Å². The van der Waals surface area contributed by atoms with Gasteiger partial charge in [0.25, 0.3) is 15.9 Å². The van der Waals surface area contributed by atoms with Crippen LogP contribution in [0.4, 0.5) is 5.69 Å². The van der Waals surface area contributed by atoms with Crippen LogP contribution in [0.2, 0.25) is 0 Å². The minimum Gasteiger partial charge on any atom is -0.337 e. The van der Waals surface area contributed by atoms with Crippen LogP contribution in [-0.2, 0) is 10.0 Å². The maximum atomic E-state index is 12.9. The molecule has 2 aromatic rings. The van der Waals surface area contributed by atoms with Crippen LogP contribution in [0.15, 0.2) is 47.4 Å². The number of aryl methyl sites for hydroxylation is 2. The minimum atomic E-state index is -3.77. The Balaban J connectivity index is 0.00000280. The number of nitrogens with zero attached hydrogens (tertiary/aromatic N) is 1. The quantitative estimate of drug-likeness (QED) is 0.792. The Bertz CT molecular complexity index is 939. The summed E-state index contributed by atoms with van der Waals surface area (Å²) in [5, 5.41) is 3.27. The van der Waals surface area contributed by atoms with Crippen LogP contribution < -0.4 is 10.0 Å². The molecule has 0 unspecified atom stereocenters. The van der Waals surface area contributed by atoms with E-state index in [1.165, 1.54) is 12.1 Å². The molecule has 1 saturated heterocycles. The summed E-state index contributed by atoms with van der Waals surface area (Å²) in [4.78, 5) is 14.8. The second kappa shape index (κ2) is 9.41. The standard InChI is InChI=1S/C20H25N3O3S.ClH/c1-15-5-3-6-17(13-15)22-27(25,26)18-8-7-16(2)19(14-18)20(24)23-11-4-9-21-10-12-23;/h3,5-8,13-14,21-22H,4,9-12H2,1-2H3;1H. The first-order valence-electron chi connectivity index (χ1n) is 9.07. The summed E-state index contributed by atoms with van der Waals surface area (Å²) in [5.74, 6) is -0.121. The SMILES string of the molecule is Cc1cccc(NS(=O)(=O)c2ccc(C)c(C(=O)N3CCCNCC3)c2)c1.Cl. The first kappa shape index (κ1) is 22.2. The summed E-state index contributed by atoms with van der Waals surface area (Å²) < 4.78 is 28.2. The molecule has 2 aromatic carbocycles. The topological polar surface area (TPSA) is 78.5 Å². The molecule has 0 aliphatic carbocycles. The normalized spacial score (nSPS) is 14.7. The van der Waals surface area contributed by atoms with Crippen molar-refractivity contribution in [3.8, 4) is 0 Å². The molecule has 28 heavy (non-hydrogen) atoms. The van der Waals surface area contributed by atoms with Crippen molar-refractivity contribution in [2.45, 2.75) is 25.2 Å². The molecule has 1 heterocycles. The number of amides is 1. The molecule has 0 atom stereocenters. The maximum Gasteiger partial charge on any atom is 0.261 e. The van der Waals surface area contributed by atoms with E-state index in [1.807, 2.05) is 19.9 Å². The Hall–Kier alpha value is -2.09. The smallest absolute Gasteiger partial charge is 0.261 e. The number of nitrogens with one attached hydrogen (secondary N) is 2. The molecule has 0 aromatic heterocycles. The van der Waals surface area contributed by atoms with Crippen LogP contribution in [0, 0.1) is 13.8 Å². The lowest BCUT2D eigenvalue weighted by atomic mass is 10.1. The highest BCUT2D eigenvalue weighted by Crippen LogP contribution is 2.21. The molecule has 0 saturated carbocycles. The summed E-state index contributed by atoms with van der Waals surface area (Å²) in [5.41, 5.74) is 2.67. The van der Waals surface area contributed by atoms with Gasteiger partial charge in [0, 0.05) is 30.9 Å². The van der Waals surface area contributed by atoms with Crippen LogP contribution >= 0.6 is 12.4 Å². The fraction of sp³-hybridized carbons (Fsp3) is 0.350. The molecule has 2 N–H and O–H groups in total. The number of carbonyl (C=O) groups is 1. The van der Waals surface area contributed by atoms with Crippen molar-refractivity contribution in [1.29, 1.82) is 0 Å². The molecule has 0 spiro atoms. The predicted octanol–water partition coefficient (Wildman–Crippen LogP) is 2.96. The zero-order chi connectivity index (χ0) is 19.4. The molecule has 1 amide bonds. The number of hydrogen-bond acceptors (Lipinski definition) is 4. The molecule has 1 fully saturated rings. The van der Waals surface area contributed by atoms with E-state index in [0.29, 0.717) is 24.3 Å². The third-order valence-electron chi connectivity index (χ3n) is 4.65. The van der Waals surface area contributed by atoms with E-state index in [9.17, 15) is 13.2 Å². The van der Waals surface area contributed by atoms with Gasteiger partial charge in [-0.15, -0.1) is 12.4 Å². The highest BCUT2D eigenvalue weighted by Gasteiger charge is 2.22. The summed E-state index contributed by atoms with van der Waals surface area (Å²) in [6.45, 7) is 6.65. The molecule has 1 aliphatic heterocycles. The number of anilines is 1. The van der Waals surface area contributed by atoms with E-state index in [0.717, 1.165) is 30.6 Å². The van der Waals surface area contributed by atoms with E-state index in [2.05, 4.69) is 10.0 Å². The zero-order valence-corrected chi connectivity index (χ0v) is 17.7. The zero-order valence-electron chi connectivity index (χ0n) is 16.1. The molecule has 8 heteroatoms. The molecular formula is C20H26ClN3O3S. The summed E-state index contributed by atoms with van der Waals surface area (Å²) in [7, 11) is -3.77. The van der Waals surface area contributed by atoms with Crippen molar-refractivity contribution < 1.29 is 13.2 Å². The van der Waals surface area contributed by atoms with Crippen LogP contribution in [0.25, 0.3) is 0 Å². The fourth-order valence-corrected chi connectivity index (χ4v) is 4.22. The van der Waals surface area contributed by atoms with Gasteiger partial charge >= 0.3 is 0 Å². The average Bonchev–Trinajstić information content (AvgIpc) is 2.90. The van der Waals surface area contributed by atoms with Crippen molar-refractivity contribution in [2.24, 2.45) is 0 Å². The van der Waals surface area contributed by atoms with Gasteiger partial charge in [-0.3, -0.25) is 9.52 Å². The molecule has 152 valence electrons. The summed E-state index contributed by atoms with van der Waals surface area (Å²) in [6, 6.07) is 11.9. The van der Waals surface area contributed by atoms with E-state index < -0.39 is 10.0 Å². The lowest BCUT2D eigenvalue weighted by molar-refractivity contribution is 0.0765. The Morgan fingerprint density at radius 3 is 2.61 bits per heavy atom. The van der Waals surface area contributed by atoms with Crippen LogP contribution in [0.3, 0.4) is 0 Å². The van der Waals surface area contributed by atoms with Gasteiger partial charge in [0.1, 0.15) is 0 Å². The second-order valence-corrected chi connectivity index (χ2v) is 8.53. The Morgan fingerprint density at radius 1 is 1.07 bits per heavy atom. The van der Waals surface area contributed by atoms with E-state index >= 15 is 0 Å². The number of carbonyl (C=O) groups excluding carboxylic acids is 1. The van der Waals surface area contributed by atoms with Crippen molar-refractivity contribution in [3.05, 3.63) is 59.2 Å². The van der Waals surface area contributed by atoms with E-state index in [4.69, 9.17) is 0 Å². The lowest BCUT2D eigenvalue weighted by Crippen LogP contribution is -2.34. The maximum absolute atomic E-state index is 12.9. The number of sulfonamides is 1. The van der Waals surface area contributed by atoms with Crippen LogP contribution in [0.5, 0.6) is 0 Å². The first-order chi connectivity index (χ1) is 12.9. The Morgan fingerprint density at radius 2 is 1.86 bits per heavy atom. The lowest BCUT2D eigenvalue weighted by Gasteiger charge is -2.21. The van der Waals surface area contributed by atoms with Gasteiger partial charge < -0.3 is 10.2 Å². The van der Waals surface area contributed by atoms with E-state index in [1.54, 1.807) is 29.2 Å². The predicted molar refractivity (Wildman–Crippen MR) is 114 cm³/mol. The molecular weight excluding hydrogens is 398 g/mol. The van der Waals surface area contributed by atoms with Gasteiger partial charge in [-0.1, -0.05) is 18.2 Å². The number of benzene rings is 2. The first-order valence-corrected chi connectivity index (χ1v) is 10.6. The summed E-state index contributed by atoms with van der Waals surface area (Å²) in [6.07, 6.45) is 0.887. The van der Waals surface area contributed by atoms with Crippen molar-refractivity contribution in [2.75, 3.05) is 30.9 Å². The van der Waals surface area contributed by atoms with Crippen molar-refractivity contribution >= 4 is 34.0 Å². The third kappa shape index (κ3) is 5.25. The van der Waals surface area contributed by atoms with Gasteiger partial charge in [0.05, 0.1) is 4.90 Å². The Kier molecular flexibility index (Phi) is 7.46. The number of halogens is 1. The largest absolute Gasteiger partial charge is 0.337 e. The molecule has 3 rings (SSSR count). The fourth-order valence-electron chi connectivity index (χ4n) is 3.14. The molecule has 0 bridgehead atoms. The van der Waals surface area contributed by atoms with Crippen LogP contribution in [0.1, 0.15) is 27.9 Å². The second-order valence-electron chi connectivity index (χ2n) is 6.85. The molecule has 1 aliphatic rings. The highest BCUT2D eigenvalue weighted by atomic mass is 35.5. The molecule has 0 radical (unpaired) electrons. The van der Waals surface area contributed by atoms with Gasteiger partial charge in [-0.05, 0) is 62.2 Å². The van der Waals surface area contributed by atoms with Gasteiger partial charge in [0.15, 0.2) is 0 Å². The van der Waals surface area contributed by atoms with Gasteiger partial charge in [-0.25, -0.2) is 8.42 Å². The molecule has 6 nitrogen and oxygen atoms in total. The summed E-state index contributed by atoms with van der Waals surface area (Å²) >= 11 is 0. The van der Waals surface area contributed by atoms with Gasteiger partial charge in [-0.2, -0.15) is 0 Å². The van der Waals surface area contributed by atoms with Gasteiger partial charge in [0.2, 0.25) is 0 Å². The minimum absolute atomic E-state index is 0. The number of hydrogen-bond donors (Lipinski definition) is 2. The average molecular weight is 424 g/mol. The van der Waals surface area contributed by atoms with Crippen molar-refractivity contribution in [3.63, 3.8) is 0 Å².